The molecule has 24 heavy (non-hydrogen) atoms. The molecule has 2 rings (SSSR count). The van der Waals surface area contributed by atoms with Crippen LogP contribution in [0.5, 0.6) is 5.75 Å². The van der Waals surface area contributed by atoms with Gasteiger partial charge >= 0.3 is 13.3 Å². The lowest BCUT2D eigenvalue weighted by Crippen LogP contribution is -2.31. The highest BCUT2D eigenvalue weighted by Crippen LogP contribution is 2.47. The van der Waals surface area contributed by atoms with Crippen LogP contribution in [0.25, 0.3) is 0 Å². The molecule has 0 saturated heterocycles. The van der Waals surface area contributed by atoms with E-state index in [4.69, 9.17) is 13.8 Å². The van der Waals surface area contributed by atoms with Crippen LogP contribution in [-0.4, -0.2) is 29.6 Å². The first-order valence-electron chi connectivity index (χ1n) is 7.21. The van der Waals surface area contributed by atoms with E-state index in [1.165, 1.54) is 17.9 Å². The van der Waals surface area contributed by atoms with E-state index in [-0.39, 0.29) is 19.5 Å². The van der Waals surface area contributed by atoms with Crippen LogP contribution in [0.4, 0.5) is 0 Å². The summed E-state index contributed by atoms with van der Waals surface area (Å²) in [6.45, 7) is 1.91. The second kappa shape index (κ2) is 8.10. The smallest absolute Gasteiger partial charge is 0.404 e. The van der Waals surface area contributed by atoms with Crippen molar-refractivity contribution in [3.8, 4) is 5.75 Å². The monoisotopic (exact) mass is 354 g/mol. The van der Waals surface area contributed by atoms with Gasteiger partial charge in [0.05, 0.1) is 13.2 Å². The summed E-state index contributed by atoms with van der Waals surface area (Å²) < 4.78 is 29.4. The normalized spacial score (nSPS) is 13.4. The van der Waals surface area contributed by atoms with Crippen LogP contribution >= 0.6 is 7.60 Å². The SMILES string of the molecule is COP(=O)(COCCn1cc(C)c(=O)[nH]c1=O)Oc1ccccc1. The van der Waals surface area contributed by atoms with Crippen molar-refractivity contribution in [2.75, 3.05) is 20.1 Å². The van der Waals surface area contributed by atoms with Crippen molar-refractivity contribution in [2.24, 2.45) is 0 Å². The summed E-state index contributed by atoms with van der Waals surface area (Å²) in [6.07, 6.45) is 1.19. The van der Waals surface area contributed by atoms with Crippen LogP contribution in [0.3, 0.4) is 0 Å². The van der Waals surface area contributed by atoms with E-state index in [1.807, 2.05) is 6.07 Å². The molecule has 0 aliphatic rings. The number of nitrogens with one attached hydrogen (secondary N) is 1. The Morgan fingerprint density at radius 2 is 1.92 bits per heavy atom. The molecule has 1 atom stereocenters. The lowest BCUT2D eigenvalue weighted by atomic mass is 10.3. The van der Waals surface area contributed by atoms with Crippen molar-refractivity contribution in [1.82, 2.24) is 9.55 Å². The van der Waals surface area contributed by atoms with E-state index in [0.717, 1.165) is 0 Å². The molecule has 1 aromatic carbocycles. The summed E-state index contributed by atoms with van der Waals surface area (Å²) in [7, 11) is -2.16. The molecular formula is C15H19N2O6P. The van der Waals surface area contributed by atoms with E-state index in [1.54, 1.807) is 31.2 Å². The number of rotatable bonds is 8. The Labute approximate surface area is 138 Å². The molecule has 0 bridgehead atoms. The van der Waals surface area contributed by atoms with Crippen molar-refractivity contribution < 1.29 is 18.3 Å². The highest BCUT2D eigenvalue weighted by molar-refractivity contribution is 7.54. The molecule has 1 unspecified atom stereocenters. The van der Waals surface area contributed by atoms with Gasteiger partial charge in [-0.3, -0.25) is 14.3 Å². The van der Waals surface area contributed by atoms with Crippen molar-refractivity contribution in [2.45, 2.75) is 13.5 Å². The van der Waals surface area contributed by atoms with Crippen molar-refractivity contribution in [3.63, 3.8) is 0 Å². The quantitative estimate of drug-likeness (QED) is 0.573. The van der Waals surface area contributed by atoms with Crippen LogP contribution in [0, 0.1) is 6.92 Å². The zero-order valence-electron chi connectivity index (χ0n) is 13.4. The van der Waals surface area contributed by atoms with Gasteiger partial charge in [0.15, 0.2) is 6.35 Å². The average molecular weight is 354 g/mol. The molecule has 0 saturated carbocycles. The molecule has 0 fully saturated rings. The summed E-state index contributed by atoms with van der Waals surface area (Å²) in [4.78, 5) is 25.1. The average Bonchev–Trinajstić information content (AvgIpc) is 2.57. The van der Waals surface area contributed by atoms with E-state index in [2.05, 4.69) is 4.98 Å². The minimum absolute atomic E-state index is 0.108. The first-order chi connectivity index (χ1) is 11.4. The van der Waals surface area contributed by atoms with Crippen molar-refractivity contribution in [3.05, 3.63) is 62.9 Å². The number of hydrogen-bond acceptors (Lipinski definition) is 6. The van der Waals surface area contributed by atoms with E-state index < -0.39 is 18.8 Å². The highest BCUT2D eigenvalue weighted by atomic mass is 31.2. The zero-order chi connectivity index (χ0) is 17.6. The maximum absolute atomic E-state index is 12.4. The van der Waals surface area contributed by atoms with Gasteiger partial charge in [0, 0.05) is 18.9 Å². The number of aryl methyl sites for hydroxylation is 1. The summed E-state index contributed by atoms with van der Waals surface area (Å²) in [6, 6.07) is 8.63. The van der Waals surface area contributed by atoms with Crippen LogP contribution < -0.4 is 15.8 Å². The van der Waals surface area contributed by atoms with Crippen LogP contribution in [0.15, 0.2) is 46.1 Å². The molecule has 0 aliphatic heterocycles. The fraction of sp³-hybridized carbons (Fsp3) is 0.333. The van der Waals surface area contributed by atoms with Crippen LogP contribution in [-0.2, 0) is 20.4 Å². The summed E-state index contributed by atoms with van der Waals surface area (Å²) >= 11 is 0. The lowest BCUT2D eigenvalue weighted by molar-refractivity contribution is 0.144. The Balaban J connectivity index is 1.90. The van der Waals surface area contributed by atoms with Crippen molar-refractivity contribution >= 4 is 7.60 Å². The van der Waals surface area contributed by atoms with E-state index in [0.29, 0.717) is 11.3 Å². The summed E-state index contributed by atoms with van der Waals surface area (Å²) in [5.74, 6) is 0.416. The topological polar surface area (TPSA) is 99.6 Å². The second-order valence-electron chi connectivity index (χ2n) is 5.00. The predicted octanol–water partition coefficient (Wildman–Crippen LogP) is 1.74. The fourth-order valence-electron chi connectivity index (χ4n) is 1.88. The van der Waals surface area contributed by atoms with Gasteiger partial charge in [-0.2, -0.15) is 0 Å². The van der Waals surface area contributed by atoms with Gasteiger partial charge in [0.2, 0.25) is 0 Å². The molecule has 0 spiro atoms. The number of ether oxygens (including phenoxy) is 1. The minimum atomic E-state index is -3.44. The maximum atomic E-state index is 12.4. The third-order valence-corrected chi connectivity index (χ3v) is 4.72. The predicted molar refractivity (Wildman–Crippen MR) is 88.6 cm³/mol. The first-order valence-corrected chi connectivity index (χ1v) is 8.94. The molecule has 1 heterocycles. The van der Waals surface area contributed by atoms with Crippen LogP contribution in [0.1, 0.15) is 5.56 Å². The fourth-order valence-corrected chi connectivity index (χ4v) is 2.91. The molecule has 130 valence electrons. The molecule has 1 aromatic heterocycles. The third-order valence-electron chi connectivity index (χ3n) is 3.18. The van der Waals surface area contributed by atoms with Gasteiger partial charge < -0.3 is 13.8 Å². The maximum Gasteiger partial charge on any atom is 0.404 e. The Hall–Kier alpha value is -2.15. The molecule has 1 N–H and O–H groups in total. The molecular weight excluding hydrogens is 335 g/mol. The number of benzene rings is 1. The number of nitrogens with zero attached hydrogens (tertiary/aromatic N) is 1. The molecule has 8 nitrogen and oxygen atoms in total. The lowest BCUT2D eigenvalue weighted by Gasteiger charge is -2.17. The number of hydrogen-bond donors (Lipinski definition) is 1. The molecule has 0 amide bonds. The number of aromatic amines is 1. The highest BCUT2D eigenvalue weighted by Gasteiger charge is 2.25. The molecule has 0 radical (unpaired) electrons. The Morgan fingerprint density at radius 3 is 2.58 bits per heavy atom. The van der Waals surface area contributed by atoms with Crippen LogP contribution in [0.2, 0.25) is 0 Å². The van der Waals surface area contributed by atoms with Gasteiger partial charge in [-0.1, -0.05) is 18.2 Å². The molecule has 9 heteroatoms. The Bertz CT molecular complexity index is 830. The van der Waals surface area contributed by atoms with E-state index in [9.17, 15) is 14.2 Å². The minimum Gasteiger partial charge on any atom is -0.423 e. The molecule has 0 aliphatic carbocycles. The van der Waals surface area contributed by atoms with Gasteiger partial charge in [-0.25, -0.2) is 9.36 Å². The Morgan fingerprint density at radius 1 is 1.21 bits per heavy atom. The van der Waals surface area contributed by atoms with Gasteiger partial charge in [-0.05, 0) is 19.1 Å². The number of aromatic nitrogens is 2. The van der Waals surface area contributed by atoms with Crippen molar-refractivity contribution in [1.29, 1.82) is 0 Å². The zero-order valence-corrected chi connectivity index (χ0v) is 14.3. The second-order valence-corrected chi connectivity index (χ2v) is 7.03. The first kappa shape index (κ1) is 18.2. The Kier molecular flexibility index (Phi) is 6.14. The van der Waals surface area contributed by atoms with E-state index >= 15 is 0 Å². The summed E-state index contributed by atoms with van der Waals surface area (Å²) in [5.41, 5.74) is -0.522. The van der Waals surface area contributed by atoms with Gasteiger partial charge in [-0.15, -0.1) is 0 Å². The number of para-hydroxylation sites is 1. The standard InChI is InChI=1S/C15H19N2O6P/c1-12-10-17(15(19)16-14(12)18)8-9-22-11-24(20,21-2)23-13-6-4-3-5-7-13/h3-7,10H,8-9,11H2,1-2H3,(H,16,18,19). The number of H-pyrrole nitrogens is 1. The largest absolute Gasteiger partial charge is 0.423 e. The van der Waals surface area contributed by atoms with Gasteiger partial charge in [0.25, 0.3) is 5.56 Å². The molecule has 2 aromatic rings. The van der Waals surface area contributed by atoms with Gasteiger partial charge in [0.1, 0.15) is 5.75 Å². The summed E-state index contributed by atoms with van der Waals surface area (Å²) in [5, 5.41) is 0. The third kappa shape index (κ3) is 4.92.